The molecule has 0 unspecified atom stereocenters. The molecule has 30 heavy (non-hydrogen) atoms. The summed E-state index contributed by atoms with van der Waals surface area (Å²) < 4.78 is 5.30. The number of rotatable bonds is 7. The van der Waals surface area contributed by atoms with Crippen LogP contribution in [0.3, 0.4) is 0 Å². The van der Waals surface area contributed by atoms with Crippen molar-refractivity contribution in [3.05, 3.63) is 83.6 Å². The van der Waals surface area contributed by atoms with Gasteiger partial charge in [0, 0.05) is 18.7 Å². The molecule has 0 saturated carbocycles. The molecule has 2 aromatic heterocycles. The molecule has 0 aliphatic rings. The summed E-state index contributed by atoms with van der Waals surface area (Å²) in [5.74, 6) is -0.836. The van der Waals surface area contributed by atoms with Gasteiger partial charge in [-0.15, -0.1) is 0 Å². The molecule has 0 atom stereocenters. The zero-order chi connectivity index (χ0) is 21.8. The van der Waals surface area contributed by atoms with Crippen molar-refractivity contribution < 1.29 is 24.2 Å². The van der Waals surface area contributed by atoms with Crippen LogP contribution in [0.5, 0.6) is 5.75 Å². The summed E-state index contributed by atoms with van der Waals surface area (Å²) in [7, 11) is 0. The molecule has 0 aliphatic heterocycles. The standard InChI is InChI=1S/C18H13N3O7S2/c1-10-8-11(9-19-17(22)13-4-6-15(29-13)20(24)25)2-3-12(10)28-18(23)14-5-7-16(30-14)21(26)27/h2-8H,9H2,1H3,(H,19,22). The third kappa shape index (κ3) is 4.85. The van der Waals surface area contributed by atoms with Gasteiger partial charge in [0.2, 0.25) is 0 Å². The number of nitrogens with one attached hydrogen (secondary N) is 1. The van der Waals surface area contributed by atoms with Crippen molar-refractivity contribution in [3.8, 4) is 5.75 Å². The highest BCUT2D eigenvalue weighted by atomic mass is 32.1. The molecular formula is C18H13N3O7S2. The second kappa shape index (κ2) is 8.80. The number of nitrogens with zero attached hydrogens (tertiary/aromatic N) is 2. The number of aryl methyl sites for hydroxylation is 1. The quantitative estimate of drug-likeness (QED) is 0.249. The van der Waals surface area contributed by atoms with Gasteiger partial charge in [0.05, 0.1) is 14.7 Å². The maximum absolute atomic E-state index is 12.2. The summed E-state index contributed by atoms with van der Waals surface area (Å²) in [6.07, 6.45) is 0. The predicted molar refractivity (Wildman–Crippen MR) is 109 cm³/mol. The molecule has 0 spiro atoms. The summed E-state index contributed by atoms with van der Waals surface area (Å²) >= 11 is 1.52. The Balaban J connectivity index is 1.61. The van der Waals surface area contributed by atoms with Crippen molar-refractivity contribution >= 4 is 44.6 Å². The van der Waals surface area contributed by atoms with Crippen LogP contribution in [0, 0.1) is 27.2 Å². The second-order valence-electron chi connectivity index (χ2n) is 5.96. The Labute approximate surface area is 177 Å². The van der Waals surface area contributed by atoms with Gasteiger partial charge in [-0.25, -0.2) is 4.79 Å². The Morgan fingerprint density at radius 1 is 0.967 bits per heavy atom. The topological polar surface area (TPSA) is 142 Å². The molecule has 0 radical (unpaired) electrons. The molecule has 154 valence electrons. The minimum atomic E-state index is -0.698. The van der Waals surface area contributed by atoms with Crippen LogP contribution in [0.15, 0.2) is 42.5 Å². The molecule has 0 bridgehead atoms. The fourth-order valence-corrected chi connectivity index (χ4v) is 3.87. The summed E-state index contributed by atoms with van der Waals surface area (Å²) in [5, 5.41) is 23.8. The highest BCUT2D eigenvalue weighted by Crippen LogP contribution is 2.27. The van der Waals surface area contributed by atoms with E-state index >= 15 is 0 Å². The number of hydrogen-bond donors (Lipinski definition) is 1. The van der Waals surface area contributed by atoms with Crippen molar-refractivity contribution in [2.24, 2.45) is 0 Å². The first-order valence-electron chi connectivity index (χ1n) is 8.33. The lowest BCUT2D eigenvalue weighted by molar-refractivity contribution is -0.380. The number of carbonyl (C=O) groups excluding carboxylic acids is 2. The predicted octanol–water partition coefficient (Wildman–Crippen LogP) is 4.08. The highest BCUT2D eigenvalue weighted by molar-refractivity contribution is 7.17. The number of esters is 1. The highest BCUT2D eigenvalue weighted by Gasteiger charge is 2.18. The van der Waals surface area contributed by atoms with Gasteiger partial charge in [0.25, 0.3) is 5.91 Å². The lowest BCUT2D eigenvalue weighted by atomic mass is 10.1. The normalized spacial score (nSPS) is 10.4. The number of ether oxygens (including phenoxy) is 1. The van der Waals surface area contributed by atoms with Gasteiger partial charge in [-0.2, -0.15) is 0 Å². The first-order valence-corrected chi connectivity index (χ1v) is 9.96. The Bertz CT molecular complexity index is 1150. The molecule has 1 N–H and O–H groups in total. The Morgan fingerprint density at radius 2 is 1.57 bits per heavy atom. The Morgan fingerprint density at radius 3 is 2.13 bits per heavy atom. The van der Waals surface area contributed by atoms with Crippen LogP contribution in [0.1, 0.15) is 30.5 Å². The first-order chi connectivity index (χ1) is 14.2. The molecule has 0 fully saturated rings. The van der Waals surface area contributed by atoms with Crippen LogP contribution < -0.4 is 10.1 Å². The number of hydrogen-bond acceptors (Lipinski definition) is 9. The lowest BCUT2D eigenvalue weighted by Crippen LogP contribution is -2.21. The average Bonchev–Trinajstić information content (AvgIpc) is 3.38. The second-order valence-corrected chi connectivity index (χ2v) is 8.09. The summed E-state index contributed by atoms with van der Waals surface area (Å²) in [6, 6.07) is 10.2. The monoisotopic (exact) mass is 447 g/mol. The van der Waals surface area contributed by atoms with E-state index in [1.165, 1.54) is 24.3 Å². The zero-order valence-electron chi connectivity index (χ0n) is 15.3. The molecule has 1 amide bonds. The smallest absolute Gasteiger partial charge is 0.353 e. The van der Waals surface area contributed by atoms with E-state index in [0.29, 0.717) is 11.3 Å². The molecule has 10 nitrogen and oxygen atoms in total. The van der Waals surface area contributed by atoms with Gasteiger partial charge < -0.3 is 10.1 Å². The molecule has 0 saturated heterocycles. The maximum Gasteiger partial charge on any atom is 0.353 e. The van der Waals surface area contributed by atoms with Crippen LogP contribution >= 0.6 is 22.7 Å². The molecule has 3 rings (SSSR count). The maximum atomic E-state index is 12.2. The van der Waals surface area contributed by atoms with Gasteiger partial charge in [0.15, 0.2) is 0 Å². The number of thiophene rings is 2. The van der Waals surface area contributed by atoms with Crippen LogP contribution in [-0.2, 0) is 6.54 Å². The molecule has 3 aromatic rings. The minimum absolute atomic E-state index is 0.113. The summed E-state index contributed by atoms with van der Waals surface area (Å²) in [6.45, 7) is 1.89. The van der Waals surface area contributed by atoms with E-state index in [4.69, 9.17) is 4.74 Å². The van der Waals surface area contributed by atoms with Gasteiger partial charge in [0.1, 0.15) is 10.6 Å². The van der Waals surface area contributed by atoms with E-state index in [2.05, 4.69) is 5.32 Å². The van der Waals surface area contributed by atoms with Crippen LogP contribution in [0.2, 0.25) is 0 Å². The van der Waals surface area contributed by atoms with E-state index in [1.807, 2.05) is 0 Å². The third-order valence-electron chi connectivity index (χ3n) is 3.86. The molecule has 2 heterocycles. The van der Waals surface area contributed by atoms with Crippen molar-refractivity contribution in [1.29, 1.82) is 0 Å². The molecule has 1 aromatic carbocycles. The van der Waals surface area contributed by atoms with Crippen molar-refractivity contribution in [3.63, 3.8) is 0 Å². The molecular weight excluding hydrogens is 434 g/mol. The fourth-order valence-electron chi connectivity index (χ4n) is 2.44. The van der Waals surface area contributed by atoms with E-state index in [0.717, 1.165) is 28.2 Å². The number of carbonyl (C=O) groups is 2. The van der Waals surface area contributed by atoms with Gasteiger partial charge in [-0.1, -0.05) is 34.8 Å². The van der Waals surface area contributed by atoms with Crippen LogP contribution in [-0.4, -0.2) is 21.7 Å². The van der Waals surface area contributed by atoms with Gasteiger partial charge >= 0.3 is 16.0 Å². The first kappa shape index (κ1) is 21.1. The number of benzene rings is 1. The van der Waals surface area contributed by atoms with E-state index in [-0.39, 0.29) is 26.3 Å². The summed E-state index contributed by atoms with van der Waals surface area (Å²) in [4.78, 5) is 44.9. The zero-order valence-corrected chi connectivity index (χ0v) is 17.0. The minimum Gasteiger partial charge on any atom is -0.422 e. The van der Waals surface area contributed by atoms with Gasteiger partial charge in [-0.05, 0) is 36.2 Å². The average molecular weight is 447 g/mol. The Kier molecular flexibility index (Phi) is 6.18. The lowest BCUT2D eigenvalue weighted by Gasteiger charge is -2.09. The van der Waals surface area contributed by atoms with E-state index < -0.39 is 21.7 Å². The van der Waals surface area contributed by atoms with E-state index in [9.17, 15) is 29.8 Å². The van der Waals surface area contributed by atoms with Crippen LogP contribution in [0.4, 0.5) is 10.0 Å². The Hall–Kier alpha value is -3.64. The molecule has 0 aliphatic carbocycles. The largest absolute Gasteiger partial charge is 0.422 e. The number of amides is 1. The SMILES string of the molecule is Cc1cc(CNC(=O)c2ccc([N+](=O)[O-])s2)ccc1OC(=O)c1ccc([N+](=O)[O-])s1. The molecule has 12 heteroatoms. The number of nitro groups is 2. The third-order valence-corrected chi connectivity index (χ3v) is 5.92. The summed E-state index contributed by atoms with van der Waals surface area (Å²) in [5.41, 5.74) is 1.37. The van der Waals surface area contributed by atoms with Crippen molar-refractivity contribution in [2.45, 2.75) is 13.5 Å². The fraction of sp³-hybridized carbons (Fsp3) is 0.111. The van der Waals surface area contributed by atoms with E-state index in [1.54, 1.807) is 25.1 Å². The van der Waals surface area contributed by atoms with Crippen LogP contribution in [0.25, 0.3) is 0 Å². The van der Waals surface area contributed by atoms with Crippen molar-refractivity contribution in [2.75, 3.05) is 0 Å². The van der Waals surface area contributed by atoms with Gasteiger partial charge in [-0.3, -0.25) is 25.0 Å². The van der Waals surface area contributed by atoms with Crippen molar-refractivity contribution in [1.82, 2.24) is 5.32 Å².